The van der Waals surface area contributed by atoms with Crippen LogP contribution in [0.2, 0.25) is 0 Å². The first-order valence-electron chi connectivity index (χ1n) is 10.9. The van der Waals surface area contributed by atoms with Crippen molar-refractivity contribution in [1.82, 2.24) is 15.5 Å². The molecule has 0 saturated heterocycles. The summed E-state index contributed by atoms with van der Waals surface area (Å²) >= 11 is 0. The number of rotatable bonds is 8. The van der Waals surface area contributed by atoms with Crippen LogP contribution in [0.1, 0.15) is 50.3 Å². The topological polar surface area (TPSA) is 56.7 Å². The molecule has 0 atom stereocenters. The number of carbonyl (C=O) groups excluding carboxylic acids is 1. The van der Waals surface area contributed by atoms with E-state index in [0.29, 0.717) is 13.0 Å². The van der Waals surface area contributed by atoms with Gasteiger partial charge in [-0.1, -0.05) is 68.4 Å². The van der Waals surface area contributed by atoms with Crippen molar-refractivity contribution < 1.29 is 4.79 Å². The van der Waals surface area contributed by atoms with Gasteiger partial charge in [-0.15, -0.1) is 24.0 Å². The molecule has 168 valence electrons. The number of nitrogens with zero attached hydrogens (tertiary/aromatic N) is 2. The summed E-state index contributed by atoms with van der Waals surface area (Å²) in [7, 11) is 0. The normalized spacial score (nSPS) is 13.4. The van der Waals surface area contributed by atoms with Crippen LogP contribution in [-0.2, 0) is 23.3 Å². The zero-order valence-electron chi connectivity index (χ0n) is 18.9. The number of hydrogen-bond donors (Lipinski definition) is 2. The van der Waals surface area contributed by atoms with Gasteiger partial charge in [-0.2, -0.15) is 0 Å². The summed E-state index contributed by atoms with van der Waals surface area (Å²) < 4.78 is 0. The molecule has 0 saturated carbocycles. The average Bonchev–Trinajstić information content (AvgIpc) is 3.20. The minimum Gasteiger partial charge on any atom is -0.357 e. The third-order valence-corrected chi connectivity index (χ3v) is 5.59. The molecule has 2 N–H and O–H groups in total. The van der Waals surface area contributed by atoms with Gasteiger partial charge in [0.05, 0.1) is 6.54 Å². The lowest BCUT2D eigenvalue weighted by Crippen LogP contribution is -2.39. The lowest BCUT2D eigenvalue weighted by atomic mass is 9.85. The van der Waals surface area contributed by atoms with Crippen molar-refractivity contribution in [3.63, 3.8) is 0 Å². The van der Waals surface area contributed by atoms with E-state index in [1.54, 1.807) is 0 Å². The zero-order valence-corrected chi connectivity index (χ0v) is 21.2. The van der Waals surface area contributed by atoms with E-state index >= 15 is 0 Å². The van der Waals surface area contributed by atoms with Gasteiger partial charge in [0.2, 0.25) is 5.91 Å². The minimum atomic E-state index is -0.0374. The second-order valence-corrected chi connectivity index (χ2v) is 8.49. The van der Waals surface area contributed by atoms with Gasteiger partial charge in [0.15, 0.2) is 5.96 Å². The lowest BCUT2D eigenvalue weighted by Gasteiger charge is -2.24. The highest BCUT2D eigenvalue weighted by molar-refractivity contribution is 14.0. The predicted octanol–water partition coefficient (Wildman–Crippen LogP) is 4.46. The van der Waals surface area contributed by atoms with Crippen LogP contribution in [0.25, 0.3) is 0 Å². The Morgan fingerprint density at radius 2 is 1.61 bits per heavy atom. The highest BCUT2D eigenvalue weighted by Gasteiger charge is 2.22. The Kier molecular flexibility index (Phi) is 9.81. The van der Waals surface area contributed by atoms with E-state index in [1.165, 1.54) is 16.7 Å². The maximum atomic E-state index is 12.6. The van der Waals surface area contributed by atoms with Crippen LogP contribution in [0.4, 0.5) is 0 Å². The van der Waals surface area contributed by atoms with Crippen LogP contribution in [0, 0.1) is 0 Å². The smallest absolute Gasteiger partial charge is 0.223 e. The van der Waals surface area contributed by atoms with E-state index in [-0.39, 0.29) is 35.3 Å². The highest BCUT2D eigenvalue weighted by atomic mass is 127. The molecule has 31 heavy (non-hydrogen) atoms. The first kappa shape index (κ1) is 25.2. The van der Waals surface area contributed by atoms with E-state index < -0.39 is 0 Å². The summed E-state index contributed by atoms with van der Waals surface area (Å²) in [6.07, 6.45) is 1.34. The van der Waals surface area contributed by atoms with Crippen LogP contribution in [0.3, 0.4) is 0 Å². The van der Waals surface area contributed by atoms with Crippen molar-refractivity contribution in [1.29, 1.82) is 0 Å². The van der Waals surface area contributed by atoms with Gasteiger partial charge in [-0.3, -0.25) is 9.79 Å². The number of amides is 1. The molecule has 1 aliphatic heterocycles. The van der Waals surface area contributed by atoms with Crippen molar-refractivity contribution in [3.05, 3.63) is 71.3 Å². The summed E-state index contributed by atoms with van der Waals surface area (Å²) in [4.78, 5) is 19.3. The number of halogens is 1. The number of nitrogens with one attached hydrogen (secondary N) is 2. The van der Waals surface area contributed by atoms with Crippen molar-refractivity contribution in [2.24, 2.45) is 4.99 Å². The van der Waals surface area contributed by atoms with Crippen LogP contribution in [-0.4, -0.2) is 36.4 Å². The molecular weight excluding hydrogens is 499 g/mol. The van der Waals surface area contributed by atoms with Crippen LogP contribution in [0.15, 0.2) is 59.6 Å². The Morgan fingerprint density at radius 3 is 2.23 bits per heavy atom. The fourth-order valence-corrected chi connectivity index (χ4v) is 3.71. The first-order valence-corrected chi connectivity index (χ1v) is 10.9. The minimum absolute atomic E-state index is 0. The third-order valence-electron chi connectivity index (χ3n) is 5.59. The van der Waals surface area contributed by atoms with Gasteiger partial charge < -0.3 is 15.5 Å². The number of guanidine groups is 1. The van der Waals surface area contributed by atoms with Crippen molar-refractivity contribution >= 4 is 35.8 Å². The fraction of sp³-hybridized carbons (Fsp3) is 0.440. The van der Waals surface area contributed by atoms with E-state index in [2.05, 4.69) is 67.8 Å². The molecule has 6 heteroatoms. The lowest BCUT2D eigenvalue weighted by molar-refractivity contribution is -0.131. The summed E-state index contributed by atoms with van der Waals surface area (Å²) in [6.45, 7) is 10.2. The van der Waals surface area contributed by atoms with Crippen molar-refractivity contribution in [3.8, 4) is 0 Å². The van der Waals surface area contributed by atoms with E-state index in [9.17, 15) is 4.79 Å². The molecule has 1 heterocycles. The summed E-state index contributed by atoms with van der Waals surface area (Å²) in [5.74, 6) is 1.03. The Balaban J connectivity index is 0.00000341. The Morgan fingerprint density at radius 1 is 1.00 bits per heavy atom. The van der Waals surface area contributed by atoms with Crippen molar-refractivity contribution in [2.75, 3.05) is 19.6 Å². The largest absolute Gasteiger partial charge is 0.357 e. The second kappa shape index (κ2) is 12.1. The molecule has 0 aromatic heterocycles. The maximum Gasteiger partial charge on any atom is 0.223 e. The maximum absolute atomic E-state index is 12.6. The molecule has 0 radical (unpaired) electrons. The Hall–Kier alpha value is -2.09. The molecule has 5 nitrogen and oxygen atoms in total. The molecule has 0 fully saturated rings. The summed E-state index contributed by atoms with van der Waals surface area (Å²) in [6, 6.07) is 18.8. The molecule has 2 aromatic rings. The second-order valence-electron chi connectivity index (χ2n) is 8.49. The highest BCUT2D eigenvalue weighted by Crippen LogP contribution is 2.24. The quantitative estimate of drug-likeness (QED) is 0.228. The number of benzene rings is 2. The van der Waals surface area contributed by atoms with Crippen LogP contribution in [0.5, 0.6) is 0 Å². The molecule has 3 rings (SSSR count). The molecule has 0 spiro atoms. The fourth-order valence-electron chi connectivity index (χ4n) is 3.71. The van der Waals surface area contributed by atoms with E-state index in [0.717, 1.165) is 38.6 Å². The molecule has 1 aliphatic rings. The van der Waals surface area contributed by atoms with Crippen LogP contribution >= 0.6 is 24.0 Å². The molecule has 1 amide bonds. The number of carbonyl (C=O) groups is 1. The number of aliphatic imine (C=N–C) groups is 1. The van der Waals surface area contributed by atoms with Crippen LogP contribution < -0.4 is 10.6 Å². The van der Waals surface area contributed by atoms with E-state index in [1.807, 2.05) is 23.1 Å². The monoisotopic (exact) mass is 534 g/mol. The van der Waals surface area contributed by atoms with Gasteiger partial charge in [-0.25, -0.2) is 0 Å². The zero-order chi connectivity index (χ0) is 21.4. The van der Waals surface area contributed by atoms with E-state index in [4.69, 9.17) is 4.99 Å². The molecular formula is C25H35IN4O. The molecule has 0 bridgehead atoms. The molecule has 0 aliphatic carbocycles. The summed E-state index contributed by atoms with van der Waals surface area (Å²) in [5, 5.41) is 6.68. The Bertz CT molecular complexity index is 842. The average molecular weight is 534 g/mol. The number of fused-ring (bicyclic) bond motifs is 1. The summed E-state index contributed by atoms with van der Waals surface area (Å²) in [5.41, 5.74) is 3.78. The third kappa shape index (κ3) is 7.23. The number of hydrogen-bond acceptors (Lipinski definition) is 2. The van der Waals surface area contributed by atoms with Gasteiger partial charge in [0.1, 0.15) is 0 Å². The first-order chi connectivity index (χ1) is 14.5. The van der Waals surface area contributed by atoms with Gasteiger partial charge in [0, 0.05) is 38.0 Å². The Labute approximate surface area is 203 Å². The van der Waals surface area contributed by atoms with Gasteiger partial charge >= 0.3 is 0 Å². The van der Waals surface area contributed by atoms with Crippen molar-refractivity contribution in [2.45, 2.75) is 52.1 Å². The standard InChI is InChI=1S/C25H34N4O.HI/c1-4-26-24(28-19-25(2,3)22-13-6-5-7-14-22)27-16-10-15-23(30)29-17-20-11-8-9-12-21(20)18-29;/h5-9,11-14H,4,10,15-19H2,1-3H3,(H2,26,27,28);1H. The molecule has 0 unspecified atom stereocenters. The van der Waals surface area contributed by atoms with Gasteiger partial charge in [0.25, 0.3) is 0 Å². The van der Waals surface area contributed by atoms with Gasteiger partial charge in [-0.05, 0) is 30.0 Å². The predicted molar refractivity (Wildman–Crippen MR) is 139 cm³/mol. The SMILES string of the molecule is CCNC(=NCC(C)(C)c1ccccc1)NCCCC(=O)N1Cc2ccccc2C1.I. The molecule has 2 aromatic carbocycles.